The summed E-state index contributed by atoms with van der Waals surface area (Å²) in [5, 5.41) is 3.03. The zero-order chi connectivity index (χ0) is 19.5. The molecule has 5 nitrogen and oxygen atoms in total. The van der Waals surface area contributed by atoms with E-state index in [0.29, 0.717) is 5.56 Å². The maximum Gasteiger partial charge on any atom is 0.255 e. The van der Waals surface area contributed by atoms with Gasteiger partial charge in [-0.15, -0.1) is 0 Å². The fraction of sp³-hybridized carbons (Fsp3) is 0.130. The molecule has 1 aromatic heterocycles. The van der Waals surface area contributed by atoms with E-state index in [1.807, 2.05) is 67.5 Å². The highest BCUT2D eigenvalue weighted by molar-refractivity contribution is 6.07. The summed E-state index contributed by atoms with van der Waals surface area (Å²) in [6.45, 7) is 0. The molecule has 0 aliphatic heterocycles. The van der Waals surface area contributed by atoms with Crippen LogP contribution in [0.15, 0.2) is 72.8 Å². The number of hydrogen-bond donors (Lipinski definition) is 2. The number of carbonyl (C=O) groups excluding carboxylic acids is 1. The number of imidazole rings is 1. The van der Waals surface area contributed by atoms with Gasteiger partial charge in [0.25, 0.3) is 5.91 Å². The lowest BCUT2D eigenvalue weighted by Gasteiger charge is -2.18. The Hall–Kier alpha value is -3.60. The lowest BCUT2D eigenvalue weighted by atomic mass is 10.1. The van der Waals surface area contributed by atoms with Crippen molar-refractivity contribution < 1.29 is 4.79 Å². The highest BCUT2D eigenvalue weighted by atomic mass is 16.1. The number of nitrogens with one attached hydrogen (secondary N) is 2. The van der Waals surface area contributed by atoms with Gasteiger partial charge in [-0.05, 0) is 29.8 Å². The van der Waals surface area contributed by atoms with Crippen molar-refractivity contribution >= 4 is 28.3 Å². The summed E-state index contributed by atoms with van der Waals surface area (Å²) < 4.78 is 0. The topological polar surface area (TPSA) is 61.0 Å². The third-order valence-corrected chi connectivity index (χ3v) is 4.63. The molecule has 4 rings (SSSR count). The van der Waals surface area contributed by atoms with Gasteiger partial charge in [0.2, 0.25) is 0 Å². The van der Waals surface area contributed by atoms with Crippen molar-refractivity contribution in [1.29, 1.82) is 0 Å². The van der Waals surface area contributed by atoms with Crippen LogP contribution >= 0.6 is 0 Å². The smallest absolute Gasteiger partial charge is 0.255 e. The largest absolute Gasteiger partial charge is 0.376 e. The number of amides is 1. The lowest BCUT2D eigenvalue weighted by molar-refractivity contribution is 0.102. The molecular formula is C23H22N4O. The highest BCUT2D eigenvalue weighted by Crippen LogP contribution is 2.30. The quantitative estimate of drug-likeness (QED) is 0.545. The molecule has 4 aromatic rings. The van der Waals surface area contributed by atoms with Crippen LogP contribution in [-0.2, 0) is 6.42 Å². The zero-order valence-corrected chi connectivity index (χ0v) is 15.9. The highest BCUT2D eigenvalue weighted by Gasteiger charge is 2.14. The molecule has 0 bridgehead atoms. The molecule has 0 aliphatic carbocycles. The maximum atomic E-state index is 12.6. The number of anilines is 2. The number of nitrogens with zero attached hydrogens (tertiary/aromatic N) is 2. The molecule has 28 heavy (non-hydrogen) atoms. The van der Waals surface area contributed by atoms with Crippen LogP contribution in [-0.4, -0.2) is 30.0 Å². The van der Waals surface area contributed by atoms with Crippen molar-refractivity contribution in [2.45, 2.75) is 6.42 Å². The summed E-state index contributed by atoms with van der Waals surface area (Å²) in [6, 6.07) is 23.4. The second kappa shape index (κ2) is 7.56. The Bertz CT molecular complexity index is 1100. The number of aromatic amines is 1. The Balaban J connectivity index is 1.67. The molecule has 0 unspecified atom stereocenters. The van der Waals surface area contributed by atoms with Gasteiger partial charge in [0.05, 0.1) is 22.4 Å². The summed E-state index contributed by atoms with van der Waals surface area (Å²) in [7, 11) is 3.91. The average Bonchev–Trinajstić information content (AvgIpc) is 3.09. The molecule has 0 radical (unpaired) electrons. The van der Waals surface area contributed by atoms with Crippen LogP contribution in [0.25, 0.3) is 11.0 Å². The number of fused-ring (bicyclic) bond motifs is 1. The van der Waals surface area contributed by atoms with Crippen LogP contribution < -0.4 is 10.2 Å². The predicted molar refractivity (Wildman–Crippen MR) is 114 cm³/mol. The van der Waals surface area contributed by atoms with E-state index in [9.17, 15) is 4.79 Å². The van der Waals surface area contributed by atoms with Crippen LogP contribution in [0.5, 0.6) is 0 Å². The van der Waals surface area contributed by atoms with E-state index >= 15 is 0 Å². The Morgan fingerprint density at radius 1 is 1.00 bits per heavy atom. The molecule has 0 atom stereocenters. The number of hydrogen-bond acceptors (Lipinski definition) is 3. The molecule has 5 heteroatoms. The van der Waals surface area contributed by atoms with Gasteiger partial charge in [0.15, 0.2) is 0 Å². The van der Waals surface area contributed by atoms with Gasteiger partial charge in [-0.3, -0.25) is 4.79 Å². The molecule has 0 aliphatic rings. The second-order valence-electron chi connectivity index (χ2n) is 6.95. The van der Waals surface area contributed by atoms with Gasteiger partial charge in [-0.2, -0.15) is 0 Å². The minimum absolute atomic E-state index is 0.132. The van der Waals surface area contributed by atoms with Crippen molar-refractivity contribution in [2.24, 2.45) is 0 Å². The Labute approximate surface area is 164 Å². The number of rotatable bonds is 5. The van der Waals surface area contributed by atoms with Crippen molar-refractivity contribution in [3.05, 3.63) is 89.7 Å². The Kier molecular flexibility index (Phi) is 4.81. The zero-order valence-electron chi connectivity index (χ0n) is 15.9. The Morgan fingerprint density at radius 2 is 1.68 bits per heavy atom. The summed E-state index contributed by atoms with van der Waals surface area (Å²) in [6.07, 6.45) is 0.735. The number of benzene rings is 3. The molecule has 2 N–H and O–H groups in total. The van der Waals surface area contributed by atoms with Crippen molar-refractivity contribution in [3.8, 4) is 0 Å². The molecular weight excluding hydrogens is 348 g/mol. The summed E-state index contributed by atoms with van der Waals surface area (Å²) in [5.41, 5.74) is 5.27. The lowest BCUT2D eigenvalue weighted by Crippen LogP contribution is -2.16. The summed E-state index contributed by atoms with van der Waals surface area (Å²) in [4.78, 5) is 22.7. The molecule has 3 aromatic carbocycles. The van der Waals surface area contributed by atoms with E-state index in [1.165, 1.54) is 5.56 Å². The monoisotopic (exact) mass is 370 g/mol. The van der Waals surface area contributed by atoms with Crippen molar-refractivity contribution in [1.82, 2.24) is 9.97 Å². The van der Waals surface area contributed by atoms with Gasteiger partial charge in [0.1, 0.15) is 5.82 Å². The average molecular weight is 370 g/mol. The third kappa shape index (κ3) is 3.74. The van der Waals surface area contributed by atoms with Crippen LogP contribution in [0.1, 0.15) is 21.7 Å². The first kappa shape index (κ1) is 17.8. The second-order valence-corrected chi connectivity index (χ2v) is 6.95. The van der Waals surface area contributed by atoms with Crippen LogP contribution in [0.2, 0.25) is 0 Å². The first-order valence-corrected chi connectivity index (χ1v) is 9.20. The van der Waals surface area contributed by atoms with Gasteiger partial charge in [0, 0.05) is 26.1 Å². The normalized spacial score (nSPS) is 10.8. The first-order chi connectivity index (χ1) is 13.6. The van der Waals surface area contributed by atoms with Gasteiger partial charge >= 0.3 is 0 Å². The molecule has 0 saturated heterocycles. The number of aromatic nitrogens is 2. The van der Waals surface area contributed by atoms with Crippen molar-refractivity contribution in [2.75, 3.05) is 24.3 Å². The first-order valence-electron chi connectivity index (χ1n) is 9.20. The minimum Gasteiger partial charge on any atom is -0.376 e. The van der Waals surface area contributed by atoms with E-state index in [1.54, 1.807) is 12.1 Å². The van der Waals surface area contributed by atoms with E-state index in [-0.39, 0.29) is 5.91 Å². The molecule has 0 fully saturated rings. The minimum atomic E-state index is -0.132. The van der Waals surface area contributed by atoms with Gasteiger partial charge in [-0.1, -0.05) is 48.5 Å². The third-order valence-electron chi connectivity index (χ3n) is 4.63. The van der Waals surface area contributed by atoms with Gasteiger partial charge in [-0.25, -0.2) is 4.98 Å². The maximum absolute atomic E-state index is 12.6. The predicted octanol–water partition coefficient (Wildman–Crippen LogP) is 4.47. The number of H-pyrrole nitrogens is 1. The number of carbonyl (C=O) groups is 1. The molecule has 0 saturated carbocycles. The SMILES string of the molecule is CN(C)c1cc2nc(Cc3ccccc3)[nH]c2cc1NC(=O)c1ccccc1. The van der Waals surface area contributed by atoms with Crippen LogP contribution in [0, 0.1) is 0 Å². The molecule has 140 valence electrons. The fourth-order valence-electron chi connectivity index (χ4n) is 3.23. The molecule has 1 amide bonds. The molecule has 1 heterocycles. The van der Waals surface area contributed by atoms with Crippen LogP contribution in [0.3, 0.4) is 0 Å². The van der Waals surface area contributed by atoms with E-state index in [4.69, 9.17) is 4.98 Å². The summed E-state index contributed by atoms with van der Waals surface area (Å²) >= 11 is 0. The Morgan fingerprint density at radius 3 is 2.36 bits per heavy atom. The summed E-state index contributed by atoms with van der Waals surface area (Å²) in [5.74, 6) is 0.768. The van der Waals surface area contributed by atoms with E-state index in [2.05, 4.69) is 22.4 Å². The van der Waals surface area contributed by atoms with Crippen molar-refractivity contribution in [3.63, 3.8) is 0 Å². The molecule has 0 spiro atoms. The standard InChI is InChI=1S/C23H22N4O/c1-27(2)21-15-19-18(24-22(25-19)13-16-9-5-3-6-10-16)14-20(21)26-23(28)17-11-7-4-8-12-17/h3-12,14-15H,13H2,1-2H3,(H,24,25)(H,26,28). The van der Waals surface area contributed by atoms with Crippen LogP contribution in [0.4, 0.5) is 11.4 Å². The van der Waals surface area contributed by atoms with E-state index < -0.39 is 0 Å². The fourth-order valence-corrected chi connectivity index (χ4v) is 3.23. The van der Waals surface area contributed by atoms with E-state index in [0.717, 1.165) is 34.7 Å². The van der Waals surface area contributed by atoms with Gasteiger partial charge < -0.3 is 15.2 Å².